The molecule has 7 nitrogen and oxygen atoms in total. The molecule has 0 saturated heterocycles. The van der Waals surface area contributed by atoms with Gasteiger partial charge in [0.2, 0.25) is 0 Å². The van der Waals surface area contributed by atoms with Crippen molar-refractivity contribution >= 4 is 22.7 Å². The van der Waals surface area contributed by atoms with E-state index in [4.69, 9.17) is 0 Å². The lowest BCUT2D eigenvalue weighted by atomic mass is 10.1. The number of phenols is 1. The zero-order chi connectivity index (χ0) is 16.9. The molecule has 0 bridgehead atoms. The van der Waals surface area contributed by atoms with Gasteiger partial charge in [0.15, 0.2) is 0 Å². The highest BCUT2D eigenvalue weighted by atomic mass is 16.3. The Kier molecular flexibility index (Phi) is 4.51. The second kappa shape index (κ2) is 6.91. The molecule has 0 radical (unpaired) electrons. The van der Waals surface area contributed by atoms with Crippen molar-refractivity contribution in [3.05, 3.63) is 54.1 Å². The molecule has 0 fully saturated rings. The van der Waals surface area contributed by atoms with Gasteiger partial charge in [-0.15, -0.1) is 5.10 Å². The number of fused-ring (bicyclic) bond motifs is 1. The number of rotatable bonds is 5. The van der Waals surface area contributed by atoms with Crippen molar-refractivity contribution in [3.63, 3.8) is 0 Å². The summed E-state index contributed by atoms with van der Waals surface area (Å²) < 4.78 is 1.53. The van der Waals surface area contributed by atoms with E-state index < -0.39 is 0 Å². The number of nitrogens with one attached hydrogen (secondary N) is 1. The molecular weight excluding hydrogens is 306 g/mol. The summed E-state index contributed by atoms with van der Waals surface area (Å²) in [5.41, 5.74) is 5.66. The van der Waals surface area contributed by atoms with E-state index in [1.165, 1.54) is 4.68 Å². The van der Waals surface area contributed by atoms with E-state index >= 15 is 0 Å². The molecule has 0 aliphatic carbocycles. The van der Waals surface area contributed by atoms with Gasteiger partial charge in [-0.25, -0.2) is 10.1 Å². The van der Waals surface area contributed by atoms with Gasteiger partial charge in [-0.05, 0) is 48.4 Å². The summed E-state index contributed by atoms with van der Waals surface area (Å²) in [6.07, 6.45) is 0.650. The van der Waals surface area contributed by atoms with Gasteiger partial charge in [-0.1, -0.05) is 24.3 Å². The first-order valence-corrected chi connectivity index (χ1v) is 7.60. The molecule has 0 unspecified atom stereocenters. The Labute approximate surface area is 138 Å². The van der Waals surface area contributed by atoms with Gasteiger partial charge in [0.05, 0.1) is 11.2 Å². The van der Waals surface area contributed by atoms with Crippen molar-refractivity contribution in [1.82, 2.24) is 20.4 Å². The van der Waals surface area contributed by atoms with Crippen molar-refractivity contribution in [2.24, 2.45) is 5.10 Å². The minimum atomic E-state index is -0.282. The molecule has 0 aliphatic rings. The Morgan fingerprint density at radius 2 is 1.96 bits per heavy atom. The number of hydrazone groups is 1. The zero-order valence-corrected chi connectivity index (χ0v) is 13.2. The third kappa shape index (κ3) is 3.40. The SMILES string of the molecule is CCC(=NNC(=O)Cn1nnc2ccccc21)c1ccc(O)cc1. The summed E-state index contributed by atoms with van der Waals surface area (Å²) in [4.78, 5) is 12.1. The first-order chi connectivity index (χ1) is 11.7. The summed E-state index contributed by atoms with van der Waals surface area (Å²) in [6.45, 7) is 1.99. The fourth-order valence-corrected chi connectivity index (χ4v) is 2.34. The molecule has 3 rings (SSSR count). The Morgan fingerprint density at radius 1 is 1.21 bits per heavy atom. The smallest absolute Gasteiger partial charge is 0.261 e. The molecule has 3 aromatic rings. The normalized spacial score (nSPS) is 11.6. The number of hydrogen-bond acceptors (Lipinski definition) is 5. The second-order valence-corrected chi connectivity index (χ2v) is 5.23. The fraction of sp³-hybridized carbons (Fsp3) is 0.176. The van der Waals surface area contributed by atoms with Crippen LogP contribution in [-0.4, -0.2) is 31.7 Å². The molecule has 0 atom stereocenters. The molecule has 2 N–H and O–H groups in total. The van der Waals surface area contributed by atoms with Crippen LogP contribution in [-0.2, 0) is 11.3 Å². The second-order valence-electron chi connectivity index (χ2n) is 5.23. The monoisotopic (exact) mass is 323 g/mol. The van der Waals surface area contributed by atoms with E-state index in [2.05, 4.69) is 20.8 Å². The highest BCUT2D eigenvalue weighted by Crippen LogP contribution is 2.12. The van der Waals surface area contributed by atoms with E-state index in [1.807, 2.05) is 31.2 Å². The van der Waals surface area contributed by atoms with Crippen molar-refractivity contribution in [3.8, 4) is 5.75 Å². The minimum absolute atomic E-state index is 0.0383. The Bertz CT molecular complexity index is 883. The maximum atomic E-state index is 12.1. The number of aromatic nitrogens is 3. The number of carbonyl (C=O) groups excluding carboxylic acids is 1. The predicted octanol–water partition coefficient (Wildman–Crippen LogP) is 2.07. The number of phenolic OH excluding ortho intramolecular Hbond substituents is 1. The van der Waals surface area contributed by atoms with E-state index in [1.54, 1.807) is 24.3 Å². The molecule has 0 saturated carbocycles. The highest BCUT2D eigenvalue weighted by Gasteiger charge is 2.08. The zero-order valence-electron chi connectivity index (χ0n) is 13.2. The van der Waals surface area contributed by atoms with Crippen LogP contribution in [0.3, 0.4) is 0 Å². The number of aromatic hydroxyl groups is 1. The number of carbonyl (C=O) groups is 1. The fourth-order valence-electron chi connectivity index (χ4n) is 2.34. The van der Waals surface area contributed by atoms with Crippen molar-refractivity contribution < 1.29 is 9.90 Å². The maximum absolute atomic E-state index is 12.1. The van der Waals surface area contributed by atoms with Crippen LogP contribution in [0.25, 0.3) is 11.0 Å². The number of nitrogens with zero attached hydrogens (tertiary/aromatic N) is 4. The lowest BCUT2D eigenvalue weighted by molar-refractivity contribution is -0.121. The van der Waals surface area contributed by atoms with Crippen LogP contribution in [0.1, 0.15) is 18.9 Å². The Hall–Kier alpha value is -3.22. The first-order valence-electron chi connectivity index (χ1n) is 7.60. The van der Waals surface area contributed by atoms with Crippen molar-refractivity contribution in [2.75, 3.05) is 0 Å². The van der Waals surface area contributed by atoms with Crippen LogP contribution in [0.15, 0.2) is 53.6 Å². The summed E-state index contributed by atoms with van der Waals surface area (Å²) in [5.74, 6) is -0.0910. The van der Waals surface area contributed by atoms with Gasteiger partial charge in [0.1, 0.15) is 17.8 Å². The molecule has 7 heteroatoms. The van der Waals surface area contributed by atoms with Gasteiger partial charge in [-0.3, -0.25) is 4.79 Å². The molecular formula is C17H17N5O2. The van der Waals surface area contributed by atoms with E-state index in [0.29, 0.717) is 6.42 Å². The van der Waals surface area contributed by atoms with Crippen molar-refractivity contribution in [2.45, 2.75) is 19.9 Å². The number of para-hydroxylation sites is 1. The Balaban J connectivity index is 1.70. The maximum Gasteiger partial charge on any atom is 0.261 e. The van der Waals surface area contributed by atoms with Gasteiger partial charge in [-0.2, -0.15) is 5.10 Å². The molecule has 122 valence electrons. The van der Waals surface area contributed by atoms with Crippen LogP contribution in [0.2, 0.25) is 0 Å². The van der Waals surface area contributed by atoms with Crippen LogP contribution in [0.5, 0.6) is 5.75 Å². The number of amides is 1. The van der Waals surface area contributed by atoms with Gasteiger partial charge >= 0.3 is 0 Å². The third-order valence-electron chi connectivity index (χ3n) is 3.56. The van der Waals surface area contributed by atoms with Gasteiger partial charge in [0.25, 0.3) is 5.91 Å². The van der Waals surface area contributed by atoms with E-state index in [9.17, 15) is 9.90 Å². The number of benzene rings is 2. The molecule has 1 heterocycles. The van der Waals surface area contributed by atoms with E-state index in [-0.39, 0.29) is 18.2 Å². The topological polar surface area (TPSA) is 92.4 Å². The van der Waals surface area contributed by atoms with Crippen LogP contribution >= 0.6 is 0 Å². The van der Waals surface area contributed by atoms with Crippen LogP contribution < -0.4 is 5.43 Å². The van der Waals surface area contributed by atoms with Crippen molar-refractivity contribution in [1.29, 1.82) is 0 Å². The lowest BCUT2D eigenvalue weighted by Gasteiger charge is -2.06. The summed E-state index contributed by atoms with van der Waals surface area (Å²) in [6, 6.07) is 14.1. The molecule has 1 aromatic heterocycles. The molecule has 2 aromatic carbocycles. The predicted molar refractivity (Wildman–Crippen MR) is 90.6 cm³/mol. The highest BCUT2D eigenvalue weighted by molar-refractivity contribution is 6.01. The van der Waals surface area contributed by atoms with Gasteiger partial charge < -0.3 is 5.11 Å². The average molecular weight is 323 g/mol. The van der Waals surface area contributed by atoms with Gasteiger partial charge in [0, 0.05) is 0 Å². The van der Waals surface area contributed by atoms with Crippen LogP contribution in [0.4, 0.5) is 0 Å². The molecule has 0 spiro atoms. The third-order valence-corrected chi connectivity index (χ3v) is 3.56. The van der Waals surface area contributed by atoms with E-state index in [0.717, 1.165) is 22.3 Å². The number of hydrogen-bond donors (Lipinski definition) is 2. The lowest BCUT2D eigenvalue weighted by Crippen LogP contribution is -2.25. The summed E-state index contributed by atoms with van der Waals surface area (Å²) in [7, 11) is 0. The molecule has 1 amide bonds. The molecule has 0 aliphatic heterocycles. The first kappa shape index (κ1) is 15.7. The van der Waals surface area contributed by atoms with Crippen LogP contribution in [0, 0.1) is 0 Å². The quantitative estimate of drug-likeness (QED) is 0.555. The standard InChI is InChI=1S/C17H17N5O2/c1-2-14(12-7-9-13(23)10-8-12)18-20-17(24)11-22-16-6-4-3-5-15(16)19-21-22/h3-10,23H,2,11H2,1H3,(H,20,24). The average Bonchev–Trinajstić information content (AvgIpc) is 3.00. The summed E-state index contributed by atoms with van der Waals surface area (Å²) >= 11 is 0. The largest absolute Gasteiger partial charge is 0.508 e. The minimum Gasteiger partial charge on any atom is -0.508 e. The summed E-state index contributed by atoms with van der Waals surface area (Å²) in [5, 5.41) is 21.5. The molecule has 24 heavy (non-hydrogen) atoms. The Morgan fingerprint density at radius 3 is 2.71 bits per heavy atom.